The molecule has 0 aliphatic carbocycles. The zero-order valence-corrected chi connectivity index (χ0v) is 17.4. The minimum Gasteiger partial charge on any atom is -0.335 e. The van der Waals surface area contributed by atoms with Gasteiger partial charge in [-0.2, -0.15) is 13.2 Å². The lowest BCUT2D eigenvalue weighted by Crippen LogP contribution is -2.52. The topological polar surface area (TPSA) is 108 Å². The van der Waals surface area contributed by atoms with Gasteiger partial charge in [0.2, 0.25) is 11.8 Å². The molecule has 8 nitrogen and oxygen atoms in total. The number of carbonyl (C=O) groups excluding carboxylic acids is 4. The van der Waals surface area contributed by atoms with Crippen molar-refractivity contribution in [2.75, 3.05) is 0 Å². The summed E-state index contributed by atoms with van der Waals surface area (Å²) in [4.78, 5) is 54.1. The Morgan fingerprint density at radius 1 is 1.21 bits per heavy atom. The summed E-state index contributed by atoms with van der Waals surface area (Å²) in [5, 5.41) is 4.17. The van der Waals surface area contributed by atoms with Crippen molar-refractivity contribution in [2.45, 2.75) is 44.6 Å². The van der Waals surface area contributed by atoms with E-state index in [-0.39, 0.29) is 36.2 Å². The van der Waals surface area contributed by atoms with Gasteiger partial charge in [-0.1, -0.05) is 6.07 Å². The SMILES string of the molecule is Cc1cccc([C@@H](NC(=O)c2ccc3c(c2)CN(C2CCC(=O)NC2=O)C3=O)C(F)(F)F)n1. The summed E-state index contributed by atoms with van der Waals surface area (Å²) in [7, 11) is 0. The zero-order chi connectivity index (χ0) is 23.9. The van der Waals surface area contributed by atoms with E-state index in [0.717, 1.165) is 0 Å². The lowest BCUT2D eigenvalue weighted by Gasteiger charge is -2.29. The number of nitrogens with zero attached hydrogens (tertiary/aromatic N) is 2. The number of imide groups is 1. The first-order valence-electron chi connectivity index (χ1n) is 10.1. The van der Waals surface area contributed by atoms with Crippen molar-refractivity contribution in [3.8, 4) is 0 Å². The number of fused-ring (bicyclic) bond motifs is 1. The average Bonchev–Trinajstić information content (AvgIpc) is 3.06. The van der Waals surface area contributed by atoms with Crippen molar-refractivity contribution in [1.82, 2.24) is 20.5 Å². The van der Waals surface area contributed by atoms with Crippen LogP contribution >= 0.6 is 0 Å². The molecule has 11 heteroatoms. The van der Waals surface area contributed by atoms with Crippen molar-refractivity contribution >= 4 is 23.6 Å². The molecule has 2 atom stereocenters. The molecular weight excluding hydrogens is 441 g/mol. The maximum Gasteiger partial charge on any atom is 0.414 e. The van der Waals surface area contributed by atoms with Crippen LogP contribution in [0.15, 0.2) is 36.4 Å². The molecule has 2 N–H and O–H groups in total. The third-order valence-electron chi connectivity index (χ3n) is 5.59. The van der Waals surface area contributed by atoms with Crippen LogP contribution in [0.3, 0.4) is 0 Å². The van der Waals surface area contributed by atoms with E-state index in [1.165, 1.54) is 35.2 Å². The summed E-state index contributed by atoms with van der Waals surface area (Å²) in [6.45, 7) is 1.55. The number of alkyl halides is 3. The lowest BCUT2D eigenvalue weighted by atomic mass is 10.0. The molecule has 0 radical (unpaired) electrons. The van der Waals surface area contributed by atoms with Gasteiger partial charge in [0.1, 0.15) is 6.04 Å². The van der Waals surface area contributed by atoms with Crippen LogP contribution in [0.25, 0.3) is 0 Å². The molecule has 2 aliphatic rings. The second kappa shape index (κ2) is 8.30. The van der Waals surface area contributed by atoms with Crippen LogP contribution in [-0.2, 0) is 16.1 Å². The van der Waals surface area contributed by atoms with Gasteiger partial charge >= 0.3 is 6.18 Å². The largest absolute Gasteiger partial charge is 0.414 e. The van der Waals surface area contributed by atoms with E-state index >= 15 is 0 Å². The molecule has 1 unspecified atom stereocenters. The van der Waals surface area contributed by atoms with Gasteiger partial charge in [0.05, 0.1) is 5.69 Å². The first-order chi connectivity index (χ1) is 15.5. The van der Waals surface area contributed by atoms with Crippen molar-refractivity contribution < 1.29 is 32.3 Å². The fourth-order valence-corrected chi connectivity index (χ4v) is 3.98. The van der Waals surface area contributed by atoms with E-state index in [1.807, 2.05) is 5.32 Å². The zero-order valence-electron chi connectivity index (χ0n) is 17.4. The van der Waals surface area contributed by atoms with Gasteiger partial charge in [-0.25, -0.2) is 0 Å². The predicted octanol–water partition coefficient (Wildman–Crippen LogP) is 2.18. The third kappa shape index (κ3) is 4.43. The molecular formula is C22H19F3N4O4. The Balaban J connectivity index is 1.55. The Morgan fingerprint density at radius 2 is 1.97 bits per heavy atom. The van der Waals surface area contributed by atoms with Crippen molar-refractivity contribution in [3.05, 3.63) is 64.5 Å². The minimum absolute atomic E-state index is 0.00367. The summed E-state index contributed by atoms with van der Waals surface area (Å²) in [5.41, 5.74) is 0.643. The number of hydrogen-bond acceptors (Lipinski definition) is 5. The van der Waals surface area contributed by atoms with E-state index in [2.05, 4.69) is 10.3 Å². The Morgan fingerprint density at radius 3 is 2.64 bits per heavy atom. The van der Waals surface area contributed by atoms with Gasteiger partial charge in [-0.15, -0.1) is 0 Å². The molecule has 4 rings (SSSR count). The Hall–Kier alpha value is -3.76. The van der Waals surface area contributed by atoms with Gasteiger partial charge < -0.3 is 10.2 Å². The minimum atomic E-state index is -4.77. The first-order valence-corrected chi connectivity index (χ1v) is 10.1. The number of aryl methyl sites for hydroxylation is 1. The molecule has 3 heterocycles. The highest BCUT2D eigenvalue weighted by atomic mass is 19.4. The smallest absolute Gasteiger partial charge is 0.335 e. The second-order valence-corrected chi connectivity index (χ2v) is 7.92. The second-order valence-electron chi connectivity index (χ2n) is 7.92. The van der Waals surface area contributed by atoms with Crippen molar-refractivity contribution in [2.24, 2.45) is 0 Å². The van der Waals surface area contributed by atoms with Crippen LogP contribution in [0.1, 0.15) is 56.6 Å². The quantitative estimate of drug-likeness (QED) is 0.680. The number of piperidine rings is 1. The van der Waals surface area contributed by atoms with E-state index in [9.17, 15) is 32.3 Å². The number of halogens is 3. The third-order valence-corrected chi connectivity index (χ3v) is 5.59. The summed E-state index contributed by atoms with van der Waals surface area (Å²) in [5.74, 6) is -2.41. The summed E-state index contributed by atoms with van der Waals surface area (Å²) in [6, 6.07) is 4.97. The average molecular weight is 460 g/mol. The van der Waals surface area contributed by atoms with Crippen molar-refractivity contribution in [3.63, 3.8) is 0 Å². The van der Waals surface area contributed by atoms with E-state index in [4.69, 9.17) is 0 Å². The molecule has 1 aromatic heterocycles. The molecule has 33 heavy (non-hydrogen) atoms. The van der Waals surface area contributed by atoms with Gasteiger partial charge in [0.15, 0.2) is 6.04 Å². The van der Waals surface area contributed by atoms with E-state index in [1.54, 1.807) is 13.0 Å². The molecule has 4 amide bonds. The molecule has 1 saturated heterocycles. The standard InChI is InChI=1S/C22H19F3N4O4/c1-11-3-2-4-15(26-11)18(22(23,24)25)28-19(31)12-5-6-14-13(9-12)10-29(21(14)33)16-7-8-17(30)27-20(16)32/h2-6,9,16,18H,7-8,10H2,1H3,(H,28,31)(H,27,30,32)/t16?,18-/m1/s1. The fraction of sp³-hybridized carbons (Fsp3) is 0.318. The molecule has 1 fully saturated rings. The lowest BCUT2D eigenvalue weighted by molar-refractivity contribution is -0.156. The summed E-state index contributed by atoms with van der Waals surface area (Å²) in [6.07, 6.45) is -4.50. The fourth-order valence-electron chi connectivity index (χ4n) is 3.98. The van der Waals surface area contributed by atoms with E-state index < -0.39 is 41.9 Å². The number of pyridine rings is 1. The maximum absolute atomic E-state index is 13.6. The number of amides is 4. The number of hydrogen-bond donors (Lipinski definition) is 2. The highest BCUT2D eigenvalue weighted by molar-refractivity contribution is 6.06. The number of aromatic nitrogens is 1. The molecule has 2 aromatic rings. The summed E-state index contributed by atoms with van der Waals surface area (Å²) >= 11 is 0. The normalized spacial score (nSPS) is 19.2. The molecule has 0 saturated carbocycles. The molecule has 2 aliphatic heterocycles. The highest BCUT2D eigenvalue weighted by Gasteiger charge is 2.43. The number of carbonyl (C=O) groups is 4. The van der Waals surface area contributed by atoms with E-state index in [0.29, 0.717) is 11.3 Å². The van der Waals surface area contributed by atoms with Gasteiger partial charge in [-0.3, -0.25) is 29.5 Å². The van der Waals surface area contributed by atoms with Crippen LogP contribution in [0.4, 0.5) is 13.2 Å². The van der Waals surface area contributed by atoms with Gasteiger partial charge in [0, 0.05) is 29.8 Å². The molecule has 0 bridgehead atoms. The Kier molecular flexibility index (Phi) is 5.64. The van der Waals surface area contributed by atoms with Crippen LogP contribution < -0.4 is 10.6 Å². The van der Waals surface area contributed by atoms with Crippen LogP contribution in [0.5, 0.6) is 0 Å². The number of benzene rings is 1. The molecule has 1 aromatic carbocycles. The maximum atomic E-state index is 13.6. The first kappa shape index (κ1) is 22.4. The predicted molar refractivity (Wildman–Crippen MR) is 108 cm³/mol. The van der Waals surface area contributed by atoms with Crippen molar-refractivity contribution in [1.29, 1.82) is 0 Å². The number of rotatable bonds is 4. The van der Waals surface area contributed by atoms with Gasteiger partial charge in [-0.05, 0) is 49.2 Å². The van der Waals surface area contributed by atoms with Crippen LogP contribution in [-0.4, -0.2) is 45.7 Å². The Labute approximate surface area is 186 Å². The summed E-state index contributed by atoms with van der Waals surface area (Å²) < 4.78 is 40.9. The monoisotopic (exact) mass is 460 g/mol. The number of nitrogens with one attached hydrogen (secondary N) is 2. The molecule has 0 spiro atoms. The van der Waals surface area contributed by atoms with Crippen LogP contribution in [0, 0.1) is 6.92 Å². The highest BCUT2D eigenvalue weighted by Crippen LogP contribution is 2.33. The van der Waals surface area contributed by atoms with Crippen LogP contribution in [0.2, 0.25) is 0 Å². The van der Waals surface area contributed by atoms with Gasteiger partial charge in [0.25, 0.3) is 11.8 Å². The Bertz CT molecular complexity index is 1160. The molecule has 172 valence electrons.